The van der Waals surface area contributed by atoms with Crippen LogP contribution in [0.25, 0.3) is 0 Å². The van der Waals surface area contributed by atoms with E-state index in [2.05, 4.69) is 44.0 Å². The van der Waals surface area contributed by atoms with Crippen LogP contribution in [0.1, 0.15) is 36.2 Å². The van der Waals surface area contributed by atoms with E-state index in [-0.39, 0.29) is 0 Å². The zero-order valence-electron chi connectivity index (χ0n) is 10.3. The Morgan fingerprint density at radius 3 is 2.88 bits per heavy atom. The summed E-state index contributed by atoms with van der Waals surface area (Å²) in [7, 11) is 2.07. The fourth-order valence-electron chi connectivity index (χ4n) is 2.42. The fraction of sp³-hybridized carbons (Fsp3) is 0.500. The predicted molar refractivity (Wildman–Crippen MR) is 67.2 cm³/mol. The van der Waals surface area contributed by atoms with E-state index in [1.165, 1.54) is 5.56 Å². The highest BCUT2D eigenvalue weighted by molar-refractivity contribution is 6.02. The van der Waals surface area contributed by atoms with E-state index in [1.54, 1.807) is 0 Å². The van der Waals surface area contributed by atoms with Crippen LogP contribution >= 0.6 is 0 Å². The van der Waals surface area contributed by atoms with Crippen LogP contribution in [0.4, 0.5) is 5.69 Å². The van der Waals surface area contributed by atoms with Crippen molar-refractivity contribution in [1.29, 1.82) is 0 Å². The van der Waals surface area contributed by atoms with Gasteiger partial charge in [-0.1, -0.05) is 19.9 Å². The molecule has 1 atom stereocenters. The maximum atomic E-state index is 12.1. The number of hydrogen-bond donors (Lipinski definition) is 0. The topological polar surface area (TPSA) is 20.3 Å². The predicted octanol–water partition coefficient (Wildman–Crippen LogP) is 2.91. The molecule has 0 saturated carbocycles. The van der Waals surface area contributed by atoms with Gasteiger partial charge in [0.1, 0.15) is 0 Å². The van der Waals surface area contributed by atoms with Crippen LogP contribution in [-0.4, -0.2) is 19.4 Å². The summed E-state index contributed by atoms with van der Waals surface area (Å²) in [6, 6.07) is 6.27. The third-order valence-corrected chi connectivity index (χ3v) is 3.30. The number of aryl methyl sites for hydroxylation is 1. The maximum absolute atomic E-state index is 12.1. The van der Waals surface area contributed by atoms with Crippen LogP contribution in [0, 0.1) is 5.92 Å². The molecule has 0 fully saturated rings. The summed E-state index contributed by atoms with van der Waals surface area (Å²) >= 11 is 0. The molecular formula is C14H19NO. The number of fused-ring (bicyclic) bond motifs is 1. The van der Waals surface area contributed by atoms with Crippen molar-refractivity contribution < 1.29 is 4.79 Å². The molecule has 0 saturated heterocycles. The number of rotatable bonds is 1. The lowest BCUT2D eigenvalue weighted by atomic mass is 9.99. The van der Waals surface area contributed by atoms with Gasteiger partial charge in [-0.25, -0.2) is 0 Å². The normalized spacial score (nSPS) is 20.6. The number of benzene rings is 1. The van der Waals surface area contributed by atoms with E-state index < -0.39 is 0 Å². The van der Waals surface area contributed by atoms with Crippen molar-refractivity contribution in [3.8, 4) is 0 Å². The molecule has 86 valence electrons. The number of ketones is 1. The van der Waals surface area contributed by atoms with Gasteiger partial charge in [0.05, 0.1) is 0 Å². The minimum Gasteiger partial charge on any atom is -0.374 e. The zero-order chi connectivity index (χ0) is 11.7. The summed E-state index contributed by atoms with van der Waals surface area (Å²) in [5.41, 5.74) is 3.24. The van der Waals surface area contributed by atoms with Crippen molar-refractivity contribution in [3.05, 3.63) is 29.3 Å². The SMILES string of the molecule is CCc1ccc2c(c1)C(=O)C[C@@H](C)CN2C. The van der Waals surface area contributed by atoms with Crippen molar-refractivity contribution in [3.63, 3.8) is 0 Å². The van der Waals surface area contributed by atoms with Crippen LogP contribution in [0.2, 0.25) is 0 Å². The van der Waals surface area contributed by atoms with Gasteiger partial charge in [-0.15, -0.1) is 0 Å². The Morgan fingerprint density at radius 1 is 1.44 bits per heavy atom. The number of Topliss-reactive ketones (excluding diaryl/α,β-unsaturated/α-hetero) is 1. The molecule has 0 radical (unpaired) electrons. The van der Waals surface area contributed by atoms with E-state index in [0.29, 0.717) is 18.1 Å². The molecule has 2 rings (SSSR count). The van der Waals surface area contributed by atoms with Crippen LogP contribution in [-0.2, 0) is 6.42 Å². The third-order valence-electron chi connectivity index (χ3n) is 3.30. The van der Waals surface area contributed by atoms with Crippen molar-refractivity contribution in [2.45, 2.75) is 26.7 Å². The lowest BCUT2D eigenvalue weighted by Gasteiger charge is -2.21. The van der Waals surface area contributed by atoms with Crippen LogP contribution in [0.3, 0.4) is 0 Å². The highest BCUT2D eigenvalue weighted by Crippen LogP contribution is 2.28. The number of carbonyl (C=O) groups is 1. The van der Waals surface area contributed by atoms with Gasteiger partial charge in [-0.2, -0.15) is 0 Å². The van der Waals surface area contributed by atoms with E-state index in [1.807, 2.05) is 0 Å². The summed E-state index contributed by atoms with van der Waals surface area (Å²) < 4.78 is 0. The molecule has 1 aromatic rings. The highest BCUT2D eigenvalue weighted by Gasteiger charge is 2.22. The summed E-state index contributed by atoms with van der Waals surface area (Å²) in [5.74, 6) is 0.733. The van der Waals surface area contributed by atoms with Crippen LogP contribution < -0.4 is 4.90 Å². The fourth-order valence-corrected chi connectivity index (χ4v) is 2.42. The van der Waals surface area contributed by atoms with E-state index in [4.69, 9.17) is 0 Å². The summed E-state index contributed by atoms with van der Waals surface area (Å²) in [6.07, 6.45) is 1.66. The molecule has 0 aliphatic carbocycles. The molecule has 16 heavy (non-hydrogen) atoms. The highest BCUT2D eigenvalue weighted by atomic mass is 16.1. The van der Waals surface area contributed by atoms with Crippen molar-refractivity contribution in [2.75, 3.05) is 18.5 Å². The van der Waals surface area contributed by atoms with Crippen LogP contribution in [0.15, 0.2) is 18.2 Å². The van der Waals surface area contributed by atoms with Gasteiger partial charge in [0.15, 0.2) is 5.78 Å². The molecule has 2 nitrogen and oxygen atoms in total. The molecule has 0 N–H and O–H groups in total. The first-order valence-corrected chi connectivity index (χ1v) is 5.99. The Bertz CT molecular complexity index is 411. The third kappa shape index (κ3) is 1.97. The number of anilines is 1. The molecule has 0 unspecified atom stereocenters. The number of nitrogens with zero attached hydrogens (tertiary/aromatic N) is 1. The van der Waals surface area contributed by atoms with Gasteiger partial charge < -0.3 is 4.90 Å². The quantitative estimate of drug-likeness (QED) is 0.721. The number of hydrogen-bond acceptors (Lipinski definition) is 2. The lowest BCUT2D eigenvalue weighted by molar-refractivity contribution is 0.0970. The molecule has 0 aromatic heterocycles. The second kappa shape index (κ2) is 4.28. The smallest absolute Gasteiger partial charge is 0.165 e. The summed E-state index contributed by atoms with van der Waals surface area (Å²) in [5, 5.41) is 0. The second-order valence-corrected chi connectivity index (χ2v) is 4.82. The Kier molecular flexibility index (Phi) is 2.99. The summed E-state index contributed by atoms with van der Waals surface area (Å²) in [6.45, 7) is 5.22. The van der Waals surface area contributed by atoms with Gasteiger partial charge in [-0.05, 0) is 30.0 Å². The van der Waals surface area contributed by atoms with Crippen molar-refractivity contribution in [1.82, 2.24) is 0 Å². The Labute approximate surface area is 97.3 Å². The van der Waals surface area contributed by atoms with Crippen molar-refractivity contribution in [2.24, 2.45) is 5.92 Å². The molecule has 0 amide bonds. The Hall–Kier alpha value is -1.31. The molecule has 1 heterocycles. The largest absolute Gasteiger partial charge is 0.374 e. The zero-order valence-corrected chi connectivity index (χ0v) is 10.3. The average Bonchev–Trinajstić information content (AvgIpc) is 2.36. The Morgan fingerprint density at radius 2 is 2.19 bits per heavy atom. The monoisotopic (exact) mass is 217 g/mol. The molecule has 1 aliphatic heterocycles. The maximum Gasteiger partial charge on any atom is 0.165 e. The minimum absolute atomic E-state index is 0.294. The lowest BCUT2D eigenvalue weighted by Crippen LogP contribution is -2.22. The first kappa shape index (κ1) is 11.2. The van der Waals surface area contributed by atoms with Crippen molar-refractivity contribution >= 4 is 11.5 Å². The van der Waals surface area contributed by atoms with E-state index in [9.17, 15) is 4.79 Å². The Balaban J connectivity index is 2.48. The first-order chi connectivity index (χ1) is 7.61. The van der Waals surface area contributed by atoms with Gasteiger partial charge in [0.25, 0.3) is 0 Å². The molecule has 1 aliphatic rings. The van der Waals surface area contributed by atoms with E-state index in [0.717, 1.165) is 24.2 Å². The summed E-state index contributed by atoms with van der Waals surface area (Å²) in [4.78, 5) is 14.3. The molecule has 1 aromatic carbocycles. The van der Waals surface area contributed by atoms with Gasteiger partial charge >= 0.3 is 0 Å². The van der Waals surface area contributed by atoms with Crippen LogP contribution in [0.5, 0.6) is 0 Å². The first-order valence-electron chi connectivity index (χ1n) is 5.99. The molecular weight excluding hydrogens is 198 g/mol. The van der Waals surface area contributed by atoms with E-state index >= 15 is 0 Å². The molecule has 2 heteroatoms. The molecule has 0 bridgehead atoms. The standard InChI is InChI=1S/C14H19NO/c1-4-11-5-6-13-12(8-11)14(16)7-10(2)9-15(13)3/h5-6,8,10H,4,7,9H2,1-3H3/t10-/m1/s1. The number of carbonyl (C=O) groups excluding carboxylic acids is 1. The minimum atomic E-state index is 0.294. The van der Waals surface area contributed by atoms with Gasteiger partial charge in [-0.3, -0.25) is 4.79 Å². The van der Waals surface area contributed by atoms with Gasteiger partial charge in [0.2, 0.25) is 0 Å². The average molecular weight is 217 g/mol. The second-order valence-electron chi connectivity index (χ2n) is 4.82. The molecule has 0 spiro atoms. The van der Waals surface area contributed by atoms with Gasteiger partial charge in [0, 0.05) is 31.3 Å².